The first-order valence-corrected chi connectivity index (χ1v) is 20.1. The van der Waals surface area contributed by atoms with Gasteiger partial charge in [0, 0.05) is 49.2 Å². The highest BCUT2D eigenvalue weighted by atomic mass is 16.5. The average molecular weight is 738 g/mol. The Labute approximate surface area is 334 Å². The largest absolute Gasteiger partial charge is 0.457 e. The van der Waals surface area contributed by atoms with Gasteiger partial charge in [0.1, 0.15) is 23.0 Å². The number of imidazole rings is 2. The number of aryl methyl sites for hydroxylation is 3. The number of hydrogen-bond donors (Lipinski definition) is 0. The van der Waals surface area contributed by atoms with Gasteiger partial charge >= 0.3 is 0 Å². The third-order valence-electron chi connectivity index (χ3n) is 13.3. The van der Waals surface area contributed by atoms with E-state index in [1.54, 1.807) is 0 Å². The van der Waals surface area contributed by atoms with Gasteiger partial charge in [0.15, 0.2) is 0 Å². The van der Waals surface area contributed by atoms with Crippen LogP contribution in [0.2, 0.25) is 0 Å². The zero-order valence-electron chi connectivity index (χ0n) is 36.6. The molecule has 10 rings (SSSR count). The number of pyridine rings is 1. The van der Waals surface area contributed by atoms with Crippen molar-refractivity contribution in [1.29, 1.82) is 0 Å². The molecule has 2 aliphatic rings. The van der Waals surface area contributed by atoms with E-state index in [0.717, 1.165) is 74.1 Å². The Morgan fingerprint density at radius 2 is 1.59 bits per heavy atom. The average Bonchev–Trinajstić information content (AvgIpc) is 3.82. The van der Waals surface area contributed by atoms with Crippen LogP contribution in [0, 0.1) is 13.8 Å². The summed E-state index contributed by atoms with van der Waals surface area (Å²) < 4.78 is 37.5. The normalized spacial score (nSPS) is 18.1. The van der Waals surface area contributed by atoms with Crippen LogP contribution in [0.5, 0.6) is 11.5 Å². The molecule has 5 heteroatoms. The van der Waals surface area contributed by atoms with E-state index >= 15 is 0 Å². The summed E-state index contributed by atoms with van der Waals surface area (Å²) in [5, 5.41) is 2.48. The van der Waals surface area contributed by atoms with E-state index in [-0.39, 0.29) is 10.8 Å². The van der Waals surface area contributed by atoms with Gasteiger partial charge in [-0.2, -0.15) is 0 Å². The lowest BCUT2D eigenvalue weighted by atomic mass is 9.57. The van der Waals surface area contributed by atoms with Crippen molar-refractivity contribution in [2.75, 3.05) is 0 Å². The van der Waals surface area contributed by atoms with E-state index in [4.69, 9.17) is 18.8 Å². The smallest absolute Gasteiger partial charge is 0.146 e. The molecule has 0 saturated heterocycles. The number of nitrogens with zero attached hydrogens (tertiary/aromatic N) is 4. The van der Waals surface area contributed by atoms with Crippen molar-refractivity contribution in [3.05, 3.63) is 142 Å². The lowest BCUT2D eigenvalue weighted by Gasteiger charge is -2.48. The summed E-state index contributed by atoms with van der Waals surface area (Å²) in [6, 6.07) is 31.3. The van der Waals surface area contributed by atoms with Gasteiger partial charge in [-0.05, 0) is 102 Å². The zero-order valence-corrected chi connectivity index (χ0v) is 33.6. The molecule has 0 fully saturated rings. The van der Waals surface area contributed by atoms with Crippen LogP contribution in [0.1, 0.15) is 110 Å². The SMILES string of the molecule is [2H]C([2H])([2H])c1ccc2c3c1c1ccc(Oc4cccc(-c5nccn5-c5c(C(C)C)cc(C)cc5C(C)C)c4)cc1c1nc4c(n13)C(C)(CCc1ccccc1-4)C2(C)C. The zero-order chi connectivity index (χ0) is 41.3. The fourth-order valence-corrected chi connectivity index (χ4v) is 10.0. The van der Waals surface area contributed by atoms with Crippen molar-refractivity contribution in [1.82, 2.24) is 18.9 Å². The molecule has 4 heterocycles. The molecular weight excluding hydrogens is 685 g/mol. The van der Waals surface area contributed by atoms with Crippen LogP contribution in [0.15, 0.2) is 103 Å². The second kappa shape index (κ2) is 12.2. The van der Waals surface area contributed by atoms with Crippen LogP contribution in [-0.2, 0) is 17.3 Å². The van der Waals surface area contributed by atoms with Crippen LogP contribution in [-0.4, -0.2) is 18.9 Å². The molecule has 5 aromatic carbocycles. The minimum Gasteiger partial charge on any atom is -0.457 e. The third kappa shape index (κ3) is 4.79. The Bertz CT molecular complexity index is 3010. The number of rotatable bonds is 6. The lowest BCUT2D eigenvalue weighted by molar-refractivity contribution is 0.247. The summed E-state index contributed by atoms with van der Waals surface area (Å²) >= 11 is 0. The standard InChI is InChI=1S/C51H50N4O/c1-29(2)39-25-31(5)26-40(30(3)4)45(39)54-24-23-52-48(54)34-14-12-15-35(27-34)56-36-18-19-38-41(28-36)49-53-44-37-16-11-10-13-33(37)21-22-51(9)47(44)55(49)46-42(50(51,7)8)20-17-32(6)43(38)46/h10-20,23-30H,21-22H2,1-9H3/i6D3. The predicted molar refractivity (Wildman–Crippen MR) is 231 cm³/mol. The summed E-state index contributed by atoms with van der Waals surface area (Å²) in [5.41, 5.74) is 13.3. The van der Waals surface area contributed by atoms with Crippen molar-refractivity contribution in [3.8, 4) is 39.8 Å². The number of benzene rings is 5. The quantitative estimate of drug-likeness (QED) is 0.160. The van der Waals surface area contributed by atoms with Gasteiger partial charge < -0.3 is 4.74 Å². The molecule has 1 atom stereocenters. The third-order valence-corrected chi connectivity index (χ3v) is 13.3. The van der Waals surface area contributed by atoms with Crippen LogP contribution >= 0.6 is 0 Å². The molecule has 56 heavy (non-hydrogen) atoms. The first-order chi connectivity index (χ1) is 28.1. The van der Waals surface area contributed by atoms with Gasteiger partial charge in [0.25, 0.3) is 0 Å². The van der Waals surface area contributed by atoms with Crippen molar-refractivity contribution >= 4 is 27.3 Å². The second-order valence-electron chi connectivity index (χ2n) is 17.5. The molecule has 0 saturated carbocycles. The molecule has 280 valence electrons. The Kier molecular flexibility index (Phi) is 6.84. The molecule has 0 N–H and O–H groups in total. The van der Waals surface area contributed by atoms with Crippen LogP contribution in [0.3, 0.4) is 0 Å². The summed E-state index contributed by atoms with van der Waals surface area (Å²) in [7, 11) is 0. The molecule has 1 unspecified atom stereocenters. The van der Waals surface area contributed by atoms with E-state index in [1.807, 2.05) is 42.6 Å². The van der Waals surface area contributed by atoms with Gasteiger partial charge in [0.05, 0.1) is 22.6 Å². The molecule has 1 aliphatic carbocycles. The molecule has 1 aliphatic heterocycles. The highest BCUT2D eigenvalue weighted by Gasteiger charge is 2.52. The van der Waals surface area contributed by atoms with E-state index in [9.17, 15) is 0 Å². The Morgan fingerprint density at radius 1 is 0.821 bits per heavy atom. The highest BCUT2D eigenvalue weighted by Crippen LogP contribution is 2.57. The van der Waals surface area contributed by atoms with E-state index < -0.39 is 6.85 Å². The summed E-state index contributed by atoms with van der Waals surface area (Å²) in [6.45, 7) is 15.9. The molecule has 0 radical (unpaired) electrons. The first kappa shape index (κ1) is 31.5. The summed E-state index contributed by atoms with van der Waals surface area (Å²) in [6.07, 6.45) is 5.82. The monoisotopic (exact) mass is 737 g/mol. The van der Waals surface area contributed by atoms with Crippen LogP contribution in [0.25, 0.3) is 55.7 Å². The Hall–Kier alpha value is -5.68. The number of hydrogen-bond acceptors (Lipinski definition) is 3. The first-order valence-electron chi connectivity index (χ1n) is 21.6. The van der Waals surface area contributed by atoms with E-state index in [0.29, 0.717) is 28.9 Å². The molecule has 8 aromatic rings. The highest BCUT2D eigenvalue weighted by molar-refractivity contribution is 6.15. The van der Waals surface area contributed by atoms with Gasteiger partial charge in [-0.1, -0.05) is 115 Å². The van der Waals surface area contributed by atoms with Gasteiger partial charge in [-0.15, -0.1) is 0 Å². The Morgan fingerprint density at radius 3 is 2.36 bits per heavy atom. The molecule has 0 spiro atoms. The molecular formula is C51H50N4O. The van der Waals surface area contributed by atoms with E-state index in [1.165, 1.54) is 27.9 Å². The maximum atomic E-state index is 8.73. The maximum Gasteiger partial charge on any atom is 0.146 e. The molecule has 5 nitrogen and oxygen atoms in total. The van der Waals surface area contributed by atoms with Crippen molar-refractivity contribution in [3.63, 3.8) is 0 Å². The minimum atomic E-state index is -2.32. The fourth-order valence-electron chi connectivity index (χ4n) is 10.0. The maximum absolute atomic E-state index is 8.73. The van der Waals surface area contributed by atoms with Crippen molar-refractivity contribution in [2.24, 2.45) is 0 Å². The van der Waals surface area contributed by atoms with Crippen LogP contribution < -0.4 is 4.74 Å². The summed E-state index contributed by atoms with van der Waals surface area (Å²) in [5.74, 6) is 2.84. The van der Waals surface area contributed by atoms with E-state index in [2.05, 4.69) is 125 Å². The van der Waals surface area contributed by atoms with Crippen molar-refractivity contribution in [2.45, 2.75) is 97.7 Å². The molecule has 0 amide bonds. The van der Waals surface area contributed by atoms with Gasteiger partial charge in [-0.25, -0.2) is 9.97 Å². The fraction of sp³-hybridized carbons (Fsp3) is 0.294. The molecule has 3 aromatic heterocycles. The number of ether oxygens (including phenoxy) is 1. The predicted octanol–water partition coefficient (Wildman–Crippen LogP) is 13.3. The lowest BCUT2D eigenvalue weighted by Crippen LogP contribution is -2.46. The van der Waals surface area contributed by atoms with Gasteiger partial charge in [-0.3, -0.25) is 8.97 Å². The van der Waals surface area contributed by atoms with Crippen molar-refractivity contribution < 1.29 is 8.85 Å². The molecule has 0 bridgehead atoms. The summed E-state index contributed by atoms with van der Waals surface area (Å²) in [4.78, 5) is 10.5. The second-order valence-corrected chi connectivity index (χ2v) is 17.5. The number of aromatic nitrogens is 4. The van der Waals surface area contributed by atoms with Crippen LogP contribution in [0.4, 0.5) is 0 Å². The topological polar surface area (TPSA) is 44.3 Å². The Balaban J connectivity index is 1.17. The minimum absolute atomic E-state index is 0.277. The number of fused-ring (bicyclic) bond motifs is 5. The van der Waals surface area contributed by atoms with Gasteiger partial charge in [0.2, 0.25) is 0 Å².